The Bertz CT molecular complexity index is 594. The molecular weight excluding hydrogens is 290 g/mol. The van der Waals surface area contributed by atoms with Crippen LogP contribution >= 0.6 is 0 Å². The van der Waals surface area contributed by atoms with E-state index in [1.165, 1.54) is 17.7 Å². The van der Waals surface area contributed by atoms with Gasteiger partial charge >= 0.3 is 0 Å². The van der Waals surface area contributed by atoms with Crippen molar-refractivity contribution < 1.29 is 14.5 Å². The lowest BCUT2D eigenvalue weighted by molar-refractivity contribution is -0.898. The van der Waals surface area contributed by atoms with Crippen molar-refractivity contribution in [1.82, 2.24) is 0 Å². The number of fused-ring (bicyclic) bond motifs is 1. The smallest absolute Gasteiger partial charge is 0.282 e. The van der Waals surface area contributed by atoms with Crippen molar-refractivity contribution in [1.29, 1.82) is 0 Å². The van der Waals surface area contributed by atoms with Gasteiger partial charge in [0.2, 0.25) is 5.91 Å². The van der Waals surface area contributed by atoms with Crippen LogP contribution in [-0.2, 0) is 9.59 Å². The van der Waals surface area contributed by atoms with Gasteiger partial charge in [0.1, 0.15) is 0 Å². The fourth-order valence-corrected chi connectivity index (χ4v) is 3.61. The zero-order valence-electron chi connectivity index (χ0n) is 14.0. The second kappa shape index (κ2) is 6.71. The Morgan fingerprint density at radius 2 is 1.96 bits per heavy atom. The summed E-state index contributed by atoms with van der Waals surface area (Å²) in [6.07, 6.45) is 2.72. The standard InChI is InChI=1S/C18H25N3O2/c1-13-7-9-20(10-8-13)12-18(23)21-14(2)11-17(22)19-15-5-3-4-6-16(15)21/h3-6,13-14H,7-12H2,1-2H3,(H,19,22)/p+1/t14-/m1/s1. The molecule has 3 rings (SSSR count). The zero-order chi connectivity index (χ0) is 16.4. The molecule has 23 heavy (non-hydrogen) atoms. The Balaban J connectivity index is 1.79. The van der Waals surface area contributed by atoms with Gasteiger partial charge in [0.05, 0.1) is 24.5 Å². The molecule has 1 aromatic carbocycles. The highest BCUT2D eigenvalue weighted by Gasteiger charge is 2.32. The molecule has 0 bridgehead atoms. The van der Waals surface area contributed by atoms with E-state index < -0.39 is 0 Å². The number of para-hydroxylation sites is 2. The van der Waals surface area contributed by atoms with E-state index in [-0.39, 0.29) is 17.9 Å². The molecule has 2 aliphatic heterocycles. The number of rotatable bonds is 2. The van der Waals surface area contributed by atoms with E-state index in [1.807, 2.05) is 36.1 Å². The molecule has 0 aliphatic carbocycles. The highest BCUT2D eigenvalue weighted by Crippen LogP contribution is 2.31. The minimum atomic E-state index is -0.116. The van der Waals surface area contributed by atoms with E-state index in [4.69, 9.17) is 0 Å². The molecular formula is C18H26N3O2+. The maximum Gasteiger partial charge on any atom is 0.282 e. The van der Waals surface area contributed by atoms with Crippen molar-refractivity contribution in [3.05, 3.63) is 24.3 Å². The van der Waals surface area contributed by atoms with E-state index in [9.17, 15) is 9.59 Å². The number of anilines is 2. The Morgan fingerprint density at radius 3 is 2.70 bits per heavy atom. The normalized spacial score (nSPS) is 27.8. The third-order valence-corrected chi connectivity index (χ3v) is 5.01. The molecule has 0 spiro atoms. The van der Waals surface area contributed by atoms with E-state index in [1.54, 1.807) is 0 Å². The molecule has 1 fully saturated rings. The minimum absolute atomic E-state index is 0.0283. The van der Waals surface area contributed by atoms with Crippen molar-refractivity contribution >= 4 is 23.2 Å². The van der Waals surface area contributed by atoms with Crippen LogP contribution in [0.2, 0.25) is 0 Å². The quantitative estimate of drug-likeness (QED) is 0.857. The molecule has 1 aromatic rings. The van der Waals surface area contributed by atoms with Crippen molar-refractivity contribution in [2.75, 3.05) is 29.9 Å². The Morgan fingerprint density at radius 1 is 1.26 bits per heavy atom. The molecule has 0 radical (unpaired) electrons. The number of quaternary nitrogens is 1. The number of nitrogens with zero attached hydrogens (tertiary/aromatic N) is 1. The molecule has 5 heteroatoms. The summed E-state index contributed by atoms with van der Waals surface area (Å²) < 4.78 is 0. The van der Waals surface area contributed by atoms with Crippen LogP contribution in [0, 0.1) is 5.92 Å². The van der Waals surface area contributed by atoms with Gasteiger partial charge in [-0.15, -0.1) is 0 Å². The first kappa shape index (κ1) is 16.0. The summed E-state index contributed by atoms with van der Waals surface area (Å²) in [4.78, 5) is 28.1. The van der Waals surface area contributed by atoms with Gasteiger partial charge < -0.3 is 15.1 Å². The summed E-state index contributed by atoms with van der Waals surface area (Å²) in [5.41, 5.74) is 1.55. The Labute approximate surface area is 137 Å². The van der Waals surface area contributed by atoms with Crippen molar-refractivity contribution in [2.45, 2.75) is 39.2 Å². The summed E-state index contributed by atoms with van der Waals surface area (Å²) in [6, 6.07) is 7.46. The summed E-state index contributed by atoms with van der Waals surface area (Å²) >= 11 is 0. The molecule has 1 atom stereocenters. The summed E-state index contributed by atoms with van der Waals surface area (Å²) in [5.74, 6) is 0.860. The topological polar surface area (TPSA) is 53.9 Å². The first-order valence-corrected chi connectivity index (χ1v) is 8.59. The Hall–Kier alpha value is -1.88. The van der Waals surface area contributed by atoms with Crippen LogP contribution in [0.5, 0.6) is 0 Å². The van der Waals surface area contributed by atoms with E-state index >= 15 is 0 Å². The third kappa shape index (κ3) is 3.55. The van der Waals surface area contributed by atoms with Crippen LogP contribution < -0.4 is 15.1 Å². The fourth-order valence-electron chi connectivity index (χ4n) is 3.61. The molecule has 1 saturated heterocycles. The van der Waals surface area contributed by atoms with E-state index in [0.717, 1.165) is 30.4 Å². The van der Waals surface area contributed by atoms with Gasteiger partial charge in [-0.25, -0.2) is 0 Å². The molecule has 5 nitrogen and oxygen atoms in total. The molecule has 0 unspecified atom stereocenters. The number of carbonyl (C=O) groups is 2. The lowest BCUT2D eigenvalue weighted by Crippen LogP contribution is -3.14. The van der Waals surface area contributed by atoms with Gasteiger partial charge in [-0.05, 0) is 37.8 Å². The van der Waals surface area contributed by atoms with Gasteiger partial charge in [-0.3, -0.25) is 9.59 Å². The summed E-state index contributed by atoms with van der Waals surface area (Å²) in [5, 5.41) is 2.91. The van der Waals surface area contributed by atoms with Crippen LogP contribution in [0.3, 0.4) is 0 Å². The van der Waals surface area contributed by atoms with Crippen molar-refractivity contribution in [2.24, 2.45) is 5.92 Å². The minimum Gasteiger partial charge on any atom is -0.327 e. The number of carbonyl (C=O) groups excluding carboxylic acids is 2. The van der Waals surface area contributed by atoms with Crippen LogP contribution in [-0.4, -0.2) is 37.5 Å². The first-order chi connectivity index (χ1) is 11.0. The van der Waals surface area contributed by atoms with E-state index in [2.05, 4.69) is 12.2 Å². The predicted octanol–water partition coefficient (Wildman–Crippen LogP) is 1.07. The molecule has 124 valence electrons. The van der Waals surface area contributed by atoms with Crippen LogP contribution in [0.15, 0.2) is 24.3 Å². The zero-order valence-corrected chi connectivity index (χ0v) is 14.0. The van der Waals surface area contributed by atoms with E-state index in [0.29, 0.717) is 13.0 Å². The third-order valence-electron chi connectivity index (χ3n) is 5.01. The SMILES string of the molecule is CC1CC[NH+](CC(=O)N2c3ccccc3NC(=O)C[C@H]2C)CC1. The maximum absolute atomic E-state index is 12.9. The predicted molar refractivity (Wildman–Crippen MR) is 90.6 cm³/mol. The number of hydrogen-bond donors (Lipinski definition) is 2. The second-order valence-corrected chi connectivity index (χ2v) is 6.99. The molecule has 2 amide bonds. The van der Waals surface area contributed by atoms with Crippen molar-refractivity contribution in [3.63, 3.8) is 0 Å². The molecule has 0 saturated carbocycles. The average Bonchev–Trinajstić information content (AvgIpc) is 2.63. The highest BCUT2D eigenvalue weighted by atomic mass is 16.2. The molecule has 2 aliphatic rings. The number of hydrogen-bond acceptors (Lipinski definition) is 2. The van der Waals surface area contributed by atoms with Gasteiger partial charge in [-0.1, -0.05) is 19.1 Å². The number of benzene rings is 1. The number of piperidine rings is 1. The average molecular weight is 316 g/mol. The maximum atomic E-state index is 12.9. The summed E-state index contributed by atoms with van der Waals surface area (Å²) in [6.45, 7) is 6.87. The fraction of sp³-hybridized carbons (Fsp3) is 0.556. The monoisotopic (exact) mass is 316 g/mol. The summed E-state index contributed by atoms with van der Waals surface area (Å²) in [7, 11) is 0. The molecule has 0 aromatic heterocycles. The highest BCUT2D eigenvalue weighted by molar-refractivity contribution is 6.04. The number of likely N-dealkylation sites (tertiary alicyclic amines) is 1. The largest absolute Gasteiger partial charge is 0.327 e. The lowest BCUT2D eigenvalue weighted by atomic mass is 9.99. The van der Waals surface area contributed by atoms with Crippen molar-refractivity contribution in [3.8, 4) is 0 Å². The van der Waals surface area contributed by atoms with Gasteiger partial charge in [0, 0.05) is 12.5 Å². The number of nitrogens with one attached hydrogen (secondary N) is 2. The van der Waals surface area contributed by atoms with Crippen LogP contribution in [0.1, 0.15) is 33.1 Å². The van der Waals surface area contributed by atoms with Gasteiger partial charge in [0.15, 0.2) is 6.54 Å². The number of amides is 2. The lowest BCUT2D eigenvalue weighted by Gasteiger charge is -2.31. The van der Waals surface area contributed by atoms with Crippen LogP contribution in [0.4, 0.5) is 11.4 Å². The first-order valence-electron chi connectivity index (χ1n) is 8.59. The molecule has 2 heterocycles. The van der Waals surface area contributed by atoms with Crippen LogP contribution in [0.25, 0.3) is 0 Å². The van der Waals surface area contributed by atoms with Gasteiger partial charge in [0.25, 0.3) is 5.91 Å². The Kier molecular flexibility index (Phi) is 4.66. The second-order valence-electron chi connectivity index (χ2n) is 6.99. The molecule has 2 N–H and O–H groups in total. The van der Waals surface area contributed by atoms with Gasteiger partial charge in [-0.2, -0.15) is 0 Å².